The number of fused-ring (bicyclic) bond motifs is 12. The Bertz CT molecular complexity index is 3610. The van der Waals surface area contributed by atoms with Crippen molar-refractivity contribution in [2.75, 3.05) is 0 Å². The van der Waals surface area contributed by atoms with Crippen LogP contribution in [0.2, 0.25) is 0 Å². The van der Waals surface area contributed by atoms with E-state index < -0.39 is 0 Å². The molecular formula is C54H34BN3. The lowest BCUT2D eigenvalue weighted by atomic mass is 9.46. The summed E-state index contributed by atoms with van der Waals surface area (Å²) in [5.74, 6) is 0. The predicted octanol–water partition coefficient (Wildman–Crippen LogP) is 12.3. The first-order valence-corrected chi connectivity index (χ1v) is 20.1. The Kier molecular flexibility index (Phi) is 6.53. The Balaban J connectivity index is 1.24. The van der Waals surface area contributed by atoms with Gasteiger partial charge in [-0.1, -0.05) is 164 Å². The van der Waals surface area contributed by atoms with Gasteiger partial charge < -0.3 is 13.6 Å². The van der Waals surface area contributed by atoms with Gasteiger partial charge in [0.15, 0.2) is 0 Å². The average molecular weight is 736 g/mol. The number of hydrogen-bond acceptors (Lipinski definition) is 0. The van der Waals surface area contributed by atoms with Crippen LogP contribution in [0.4, 0.5) is 0 Å². The van der Waals surface area contributed by atoms with Gasteiger partial charge in [-0.3, -0.25) is 0 Å². The first-order chi connectivity index (χ1) is 28.8. The fourth-order valence-corrected chi connectivity index (χ4v) is 10.3. The number of benzene rings is 9. The second-order valence-electron chi connectivity index (χ2n) is 15.6. The van der Waals surface area contributed by atoms with Gasteiger partial charge >= 0.3 is 6.85 Å². The predicted molar refractivity (Wildman–Crippen MR) is 246 cm³/mol. The van der Waals surface area contributed by atoms with Crippen LogP contribution >= 0.6 is 0 Å². The fraction of sp³-hybridized carbons (Fsp3) is 0. The molecule has 1 aliphatic heterocycles. The van der Waals surface area contributed by atoms with Gasteiger partial charge in [0, 0.05) is 54.7 Å². The Morgan fingerprint density at radius 1 is 0.345 bits per heavy atom. The molecule has 0 atom stereocenters. The molecule has 13 rings (SSSR count). The van der Waals surface area contributed by atoms with Crippen LogP contribution in [0.5, 0.6) is 0 Å². The van der Waals surface area contributed by atoms with Crippen LogP contribution in [0.3, 0.4) is 0 Å². The third-order valence-corrected chi connectivity index (χ3v) is 12.7. The zero-order chi connectivity index (χ0) is 37.9. The molecule has 3 nitrogen and oxygen atoms in total. The largest absolute Gasteiger partial charge is 0.375 e. The highest BCUT2D eigenvalue weighted by molar-refractivity contribution is 6.89. The highest BCUT2D eigenvalue weighted by atomic mass is 15.0. The minimum Gasteiger partial charge on any atom is -0.375 e. The maximum Gasteiger partial charge on any atom is 0.333 e. The van der Waals surface area contributed by atoms with E-state index >= 15 is 0 Å². The van der Waals surface area contributed by atoms with Crippen LogP contribution in [0, 0.1) is 0 Å². The van der Waals surface area contributed by atoms with E-state index in [2.05, 4.69) is 220 Å². The first-order valence-electron chi connectivity index (χ1n) is 20.1. The van der Waals surface area contributed by atoms with E-state index in [0.29, 0.717) is 0 Å². The smallest absolute Gasteiger partial charge is 0.333 e. The third kappa shape index (κ3) is 4.24. The summed E-state index contributed by atoms with van der Waals surface area (Å²) >= 11 is 0. The summed E-state index contributed by atoms with van der Waals surface area (Å²) in [5.41, 5.74) is 17.3. The van der Waals surface area contributed by atoms with Crippen molar-refractivity contribution in [2.24, 2.45) is 0 Å². The van der Waals surface area contributed by atoms with Crippen molar-refractivity contribution < 1.29 is 0 Å². The van der Waals surface area contributed by atoms with E-state index in [0.717, 1.165) is 5.69 Å². The molecule has 58 heavy (non-hydrogen) atoms. The summed E-state index contributed by atoms with van der Waals surface area (Å²) in [6, 6.07) is 76.2. The average Bonchev–Trinajstić information content (AvgIpc) is 3.93. The van der Waals surface area contributed by atoms with Crippen LogP contribution in [0.15, 0.2) is 206 Å². The topological polar surface area (TPSA) is 14.8 Å². The summed E-state index contributed by atoms with van der Waals surface area (Å²) in [6.45, 7) is -0.132. The summed E-state index contributed by atoms with van der Waals surface area (Å²) in [6.07, 6.45) is 0. The maximum absolute atomic E-state index is 2.70. The second-order valence-corrected chi connectivity index (χ2v) is 15.6. The Hall–Kier alpha value is -7.56. The van der Waals surface area contributed by atoms with Crippen LogP contribution < -0.4 is 10.9 Å². The van der Waals surface area contributed by atoms with Gasteiger partial charge in [0.25, 0.3) is 0 Å². The minimum absolute atomic E-state index is 0.132. The van der Waals surface area contributed by atoms with E-state index in [4.69, 9.17) is 0 Å². The minimum atomic E-state index is -0.132. The molecule has 0 bridgehead atoms. The number of nitrogens with zero attached hydrogens (tertiary/aromatic N) is 3. The van der Waals surface area contributed by atoms with Gasteiger partial charge in [0.2, 0.25) is 0 Å². The molecule has 0 unspecified atom stereocenters. The Labute approximate surface area is 335 Å². The van der Waals surface area contributed by atoms with E-state index in [9.17, 15) is 0 Å². The van der Waals surface area contributed by atoms with Crippen LogP contribution in [-0.4, -0.2) is 20.5 Å². The summed E-state index contributed by atoms with van der Waals surface area (Å²) in [5, 5.41) is 7.60. The molecule has 0 radical (unpaired) electrons. The molecule has 9 aromatic carbocycles. The van der Waals surface area contributed by atoms with Crippen molar-refractivity contribution in [1.82, 2.24) is 13.6 Å². The van der Waals surface area contributed by atoms with Gasteiger partial charge in [-0.05, 0) is 75.6 Å². The third-order valence-electron chi connectivity index (χ3n) is 12.7. The number of aromatic nitrogens is 3. The van der Waals surface area contributed by atoms with E-state index in [1.165, 1.54) is 104 Å². The summed E-state index contributed by atoms with van der Waals surface area (Å²) < 4.78 is 7.71. The first kappa shape index (κ1) is 31.6. The van der Waals surface area contributed by atoms with Crippen LogP contribution in [-0.2, 0) is 0 Å². The molecular weight excluding hydrogens is 701 g/mol. The molecule has 4 heteroatoms. The normalized spacial score (nSPS) is 12.4. The molecule has 0 saturated carbocycles. The van der Waals surface area contributed by atoms with Crippen molar-refractivity contribution in [3.05, 3.63) is 206 Å². The molecule has 268 valence electrons. The van der Waals surface area contributed by atoms with E-state index in [-0.39, 0.29) is 6.85 Å². The van der Waals surface area contributed by atoms with Gasteiger partial charge in [-0.2, -0.15) is 0 Å². The fourth-order valence-electron chi connectivity index (χ4n) is 10.3. The number of para-hydroxylation sites is 4. The number of hydrogen-bond donors (Lipinski definition) is 0. The quantitative estimate of drug-likeness (QED) is 0.160. The molecule has 0 aliphatic carbocycles. The molecule has 0 saturated heterocycles. The zero-order valence-corrected chi connectivity index (χ0v) is 31.5. The lowest BCUT2D eigenvalue weighted by Crippen LogP contribution is -2.53. The second kappa shape index (κ2) is 12.0. The van der Waals surface area contributed by atoms with E-state index in [1.807, 2.05) is 0 Å². The van der Waals surface area contributed by atoms with Crippen molar-refractivity contribution in [2.45, 2.75) is 0 Å². The van der Waals surface area contributed by atoms with Gasteiger partial charge in [-0.15, -0.1) is 0 Å². The maximum atomic E-state index is 2.70. The summed E-state index contributed by atoms with van der Waals surface area (Å²) in [4.78, 5) is 0. The molecule has 3 aromatic heterocycles. The van der Waals surface area contributed by atoms with Crippen LogP contribution in [0.1, 0.15) is 0 Å². The molecule has 1 aliphatic rings. The van der Waals surface area contributed by atoms with Crippen molar-refractivity contribution in [3.63, 3.8) is 0 Å². The molecule has 0 fully saturated rings. The molecule has 0 amide bonds. The Morgan fingerprint density at radius 2 is 0.948 bits per heavy atom. The SMILES string of the molecule is c1ccc(-c2ccc3c4ccc(-c5ccccc5)c5c4n(c3c2)-c2ccccc2B5n2c3ccccc3c3ccc4c(c5ccccc5n4-c4ccccc4)c32)cc1. The molecule has 0 spiro atoms. The highest BCUT2D eigenvalue weighted by Gasteiger charge is 2.38. The van der Waals surface area contributed by atoms with Crippen molar-refractivity contribution in [3.8, 4) is 33.6 Å². The van der Waals surface area contributed by atoms with Crippen LogP contribution in [0.25, 0.3) is 99.0 Å². The zero-order valence-electron chi connectivity index (χ0n) is 31.5. The van der Waals surface area contributed by atoms with Gasteiger partial charge in [0.05, 0.1) is 22.1 Å². The van der Waals surface area contributed by atoms with Gasteiger partial charge in [-0.25, -0.2) is 0 Å². The summed E-state index contributed by atoms with van der Waals surface area (Å²) in [7, 11) is 0. The molecule has 0 N–H and O–H groups in total. The Morgan fingerprint density at radius 3 is 1.76 bits per heavy atom. The number of rotatable bonds is 4. The van der Waals surface area contributed by atoms with E-state index in [1.54, 1.807) is 0 Å². The lowest BCUT2D eigenvalue weighted by Gasteiger charge is -2.30. The lowest BCUT2D eigenvalue weighted by molar-refractivity contribution is 1.18. The monoisotopic (exact) mass is 735 g/mol. The molecule has 4 heterocycles. The highest BCUT2D eigenvalue weighted by Crippen LogP contribution is 2.43. The standard InChI is InChI=1S/C54H34BN3/c1-4-16-35(17-5-1)37-28-29-41-43-31-30-39(36-18-6-2-7-19-36)52-54(43)57(50(41)34-37)48-27-15-12-24-45(48)55(52)58-47-26-14-10-22-40(47)42-32-33-49-51(53(42)58)44-23-11-13-25-46(44)56(49)38-20-8-3-9-21-38/h1-34H. The van der Waals surface area contributed by atoms with Crippen molar-refractivity contribution >= 4 is 83.2 Å². The van der Waals surface area contributed by atoms with Crippen molar-refractivity contribution in [1.29, 1.82) is 0 Å². The van der Waals surface area contributed by atoms with Gasteiger partial charge in [0.1, 0.15) is 0 Å². The molecule has 12 aromatic rings.